The van der Waals surface area contributed by atoms with Gasteiger partial charge in [-0.3, -0.25) is 4.21 Å². The Hall–Kier alpha value is -0.580. The van der Waals surface area contributed by atoms with Crippen molar-refractivity contribution in [1.29, 1.82) is 0 Å². The molecule has 0 bridgehead atoms. The molecule has 5 heteroatoms. The minimum Gasteiger partial charge on any atom is -0.337 e. The zero-order valence-corrected chi connectivity index (χ0v) is 12.8. The number of hydrogen-bond donors (Lipinski definition) is 1. The van der Waals surface area contributed by atoms with Gasteiger partial charge in [0.25, 0.3) is 0 Å². The van der Waals surface area contributed by atoms with Gasteiger partial charge in [-0.1, -0.05) is 0 Å². The van der Waals surface area contributed by atoms with E-state index in [1.165, 1.54) is 6.42 Å². The first-order valence-electron chi connectivity index (χ1n) is 6.75. The largest absolute Gasteiger partial charge is 0.337 e. The molecule has 1 aliphatic heterocycles. The van der Waals surface area contributed by atoms with Gasteiger partial charge in [0.1, 0.15) is 0 Å². The Morgan fingerprint density at radius 1 is 1.39 bits per heavy atom. The quantitative estimate of drug-likeness (QED) is 0.857. The molecule has 4 nitrogen and oxygen atoms in total. The van der Waals surface area contributed by atoms with Crippen LogP contribution in [-0.2, 0) is 10.8 Å². The van der Waals surface area contributed by atoms with E-state index in [1.807, 2.05) is 25.7 Å². The van der Waals surface area contributed by atoms with Crippen LogP contribution in [0.1, 0.15) is 47.0 Å². The Balaban J connectivity index is 2.31. The van der Waals surface area contributed by atoms with Crippen molar-refractivity contribution in [2.45, 2.75) is 57.7 Å². The van der Waals surface area contributed by atoms with Crippen LogP contribution in [0.3, 0.4) is 0 Å². The van der Waals surface area contributed by atoms with Crippen molar-refractivity contribution in [3.05, 3.63) is 0 Å². The van der Waals surface area contributed by atoms with Crippen LogP contribution in [-0.4, -0.2) is 44.8 Å². The lowest BCUT2D eigenvalue weighted by atomic mass is 10.0. The van der Waals surface area contributed by atoms with Gasteiger partial charge in [-0.05, 0) is 47.0 Å². The number of carbonyl (C=O) groups excluding carboxylic acids is 1. The van der Waals surface area contributed by atoms with Crippen LogP contribution in [0.25, 0.3) is 0 Å². The number of nitrogens with zero attached hydrogens (tertiary/aromatic N) is 1. The summed E-state index contributed by atoms with van der Waals surface area (Å²) in [7, 11) is -0.901. The van der Waals surface area contributed by atoms with E-state index in [0.29, 0.717) is 18.3 Å². The Labute approximate surface area is 113 Å². The number of likely N-dealkylation sites (tertiary alicyclic amines) is 1. The highest BCUT2D eigenvalue weighted by molar-refractivity contribution is 7.86. The fourth-order valence-corrected chi connectivity index (χ4v) is 2.96. The summed E-state index contributed by atoms with van der Waals surface area (Å²) >= 11 is 0. The number of carbonyl (C=O) groups is 1. The normalized spacial score (nSPS) is 22.7. The summed E-state index contributed by atoms with van der Waals surface area (Å²) in [4.78, 5) is 13.8. The molecular formula is C13H26N2O2S. The van der Waals surface area contributed by atoms with Crippen LogP contribution in [0.2, 0.25) is 0 Å². The molecule has 0 aromatic heterocycles. The van der Waals surface area contributed by atoms with Gasteiger partial charge in [0.15, 0.2) is 0 Å². The van der Waals surface area contributed by atoms with Crippen molar-refractivity contribution < 1.29 is 9.00 Å². The minimum atomic E-state index is -0.901. The fourth-order valence-electron chi connectivity index (χ4n) is 2.06. The molecule has 1 rings (SSSR count). The van der Waals surface area contributed by atoms with E-state index in [0.717, 1.165) is 19.4 Å². The second-order valence-electron chi connectivity index (χ2n) is 5.93. The molecule has 0 aromatic carbocycles. The maximum absolute atomic E-state index is 12.0. The lowest BCUT2D eigenvalue weighted by molar-refractivity contribution is 0.159. The molecule has 0 radical (unpaired) electrons. The van der Waals surface area contributed by atoms with Gasteiger partial charge in [-0.2, -0.15) is 0 Å². The summed E-state index contributed by atoms with van der Waals surface area (Å²) in [6.45, 7) is 9.29. The predicted molar refractivity (Wildman–Crippen MR) is 76.2 cm³/mol. The van der Waals surface area contributed by atoms with E-state index < -0.39 is 10.8 Å². The molecule has 0 spiro atoms. The molecular weight excluding hydrogens is 248 g/mol. The average Bonchev–Trinajstić information content (AvgIpc) is 2.28. The molecule has 2 atom stereocenters. The maximum atomic E-state index is 12.0. The van der Waals surface area contributed by atoms with Crippen LogP contribution < -0.4 is 5.32 Å². The summed E-state index contributed by atoms with van der Waals surface area (Å²) < 4.78 is 11.6. The fraction of sp³-hybridized carbons (Fsp3) is 0.923. The molecule has 1 heterocycles. The zero-order chi connectivity index (χ0) is 13.8. The molecule has 1 saturated heterocycles. The first kappa shape index (κ1) is 15.5. The van der Waals surface area contributed by atoms with Crippen LogP contribution in [0.15, 0.2) is 0 Å². The Bertz CT molecular complexity index is 313. The number of urea groups is 1. The topological polar surface area (TPSA) is 49.4 Å². The highest BCUT2D eigenvalue weighted by Crippen LogP contribution is 2.16. The zero-order valence-electron chi connectivity index (χ0n) is 12.0. The first-order valence-corrected chi connectivity index (χ1v) is 8.07. The molecule has 106 valence electrons. The summed E-state index contributed by atoms with van der Waals surface area (Å²) in [5.41, 5.74) is 0. The molecule has 1 aliphatic rings. The number of amides is 2. The van der Waals surface area contributed by atoms with E-state index in [4.69, 9.17) is 0 Å². The molecule has 18 heavy (non-hydrogen) atoms. The van der Waals surface area contributed by atoms with E-state index >= 15 is 0 Å². The SMILES string of the molecule is CC1CCCCN1C(=O)NCCS(=O)C(C)(C)C. The minimum absolute atomic E-state index is 0.00638. The first-order chi connectivity index (χ1) is 8.32. The van der Waals surface area contributed by atoms with E-state index in [1.54, 1.807) is 0 Å². The monoisotopic (exact) mass is 274 g/mol. The summed E-state index contributed by atoms with van der Waals surface area (Å²) in [6, 6.07) is 0.319. The highest BCUT2D eigenvalue weighted by atomic mass is 32.2. The molecule has 1 N–H and O–H groups in total. The van der Waals surface area contributed by atoms with Crippen molar-refractivity contribution in [2.24, 2.45) is 0 Å². The average molecular weight is 274 g/mol. The van der Waals surface area contributed by atoms with Gasteiger partial charge in [0.2, 0.25) is 0 Å². The molecule has 1 fully saturated rings. The molecule has 0 aliphatic carbocycles. The summed E-state index contributed by atoms with van der Waals surface area (Å²) in [5.74, 6) is 0.525. The molecule has 0 aromatic rings. The Kier molecular flexibility index (Phi) is 5.63. The van der Waals surface area contributed by atoms with Crippen LogP contribution in [0, 0.1) is 0 Å². The van der Waals surface area contributed by atoms with Gasteiger partial charge < -0.3 is 10.2 Å². The van der Waals surface area contributed by atoms with Crippen LogP contribution in [0.4, 0.5) is 4.79 Å². The molecule has 2 unspecified atom stereocenters. The van der Waals surface area contributed by atoms with Gasteiger partial charge in [-0.15, -0.1) is 0 Å². The number of piperidine rings is 1. The third-order valence-electron chi connectivity index (χ3n) is 3.31. The van der Waals surface area contributed by atoms with Crippen molar-refractivity contribution in [3.63, 3.8) is 0 Å². The van der Waals surface area contributed by atoms with E-state index in [-0.39, 0.29) is 10.8 Å². The lowest BCUT2D eigenvalue weighted by Gasteiger charge is -2.33. The van der Waals surface area contributed by atoms with Gasteiger partial charge in [0, 0.05) is 40.4 Å². The van der Waals surface area contributed by atoms with Gasteiger partial charge in [-0.25, -0.2) is 4.79 Å². The number of hydrogen-bond acceptors (Lipinski definition) is 2. The van der Waals surface area contributed by atoms with E-state index in [9.17, 15) is 9.00 Å². The predicted octanol–water partition coefficient (Wildman–Crippen LogP) is 2.12. The summed E-state index contributed by atoms with van der Waals surface area (Å²) in [5, 5.41) is 2.88. The van der Waals surface area contributed by atoms with Crippen molar-refractivity contribution >= 4 is 16.8 Å². The third-order valence-corrected chi connectivity index (χ3v) is 5.25. The van der Waals surface area contributed by atoms with Crippen molar-refractivity contribution in [2.75, 3.05) is 18.8 Å². The van der Waals surface area contributed by atoms with Crippen LogP contribution in [0.5, 0.6) is 0 Å². The number of nitrogens with one attached hydrogen (secondary N) is 1. The Morgan fingerprint density at radius 2 is 2.06 bits per heavy atom. The maximum Gasteiger partial charge on any atom is 0.317 e. The van der Waals surface area contributed by atoms with Gasteiger partial charge >= 0.3 is 6.03 Å². The third kappa shape index (κ3) is 4.59. The van der Waals surface area contributed by atoms with Crippen molar-refractivity contribution in [1.82, 2.24) is 10.2 Å². The smallest absolute Gasteiger partial charge is 0.317 e. The number of rotatable bonds is 3. The lowest BCUT2D eigenvalue weighted by Crippen LogP contribution is -2.48. The van der Waals surface area contributed by atoms with Crippen molar-refractivity contribution in [3.8, 4) is 0 Å². The van der Waals surface area contributed by atoms with Crippen LogP contribution >= 0.6 is 0 Å². The second-order valence-corrected chi connectivity index (χ2v) is 8.26. The van der Waals surface area contributed by atoms with E-state index in [2.05, 4.69) is 12.2 Å². The standard InChI is InChI=1S/C13H26N2O2S/c1-11-7-5-6-9-15(11)12(16)14-8-10-18(17)13(2,3)4/h11H,5-10H2,1-4H3,(H,14,16). The molecule has 0 saturated carbocycles. The second kappa shape index (κ2) is 6.55. The van der Waals surface area contributed by atoms with Gasteiger partial charge in [0.05, 0.1) is 0 Å². The molecule has 2 amide bonds. The Morgan fingerprint density at radius 3 is 2.61 bits per heavy atom. The summed E-state index contributed by atoms with van der Waals surface area (Å²) in [6.07, 6.45) is 3.38. The highest BCUT2D eigenvalue weighted by Gasteiger charge is 2.23.